The van der Waals surface area contributed by atoms with Crippen LogP contribution >= 0.6 is 11.3 Å². The van der Waals surface area contributed by atoms with Gasteiger partial charge in [0, 0.05) is 12.1 Å². The number of thiazole rings is 1. The molecule has 0 aliphatic heterocycles. The maximum Gasteiger partial charge on any atom is 0.433 e. The normalized spacial score (nSPS) is 10.6. The number of amides is 1. The van der Waals surface area contributed by atoms with E-state index in [0.29, 0.717) is 22.1 Å². The molecule has 10 heteroatoms. The van der Waals surface area contributed by atoms with Crippen LogP contribution in [0, 0.1) is 10.1 Å². The van der Waals surface area contributed by atoms with Crippen molar-refractivity contribution < 1.29 is 23.6 Å². The number of nitrogens with one attached hydrogen (secondary N) is 1. The van der Waals surface area contributed by atoms with Gasteiger partial charge in [0.25, 0.3) is 5.91 Å². The standard InChI is InChI=1S/C14H11N3O6S/c1-21-9-5-7-11(6-10(9)22-2)24-14(15-7)16-13(18)8-3-4-12(23-8)17(19)20/h3-6H,1-2H3,(H,15,16,18). The van der Waals surface area contributed by atoms with Crippen LogP contribution in [0.3, 0.4) is 0 Å². The number of nitro groups is 1. The van der Waals surface area contributed by atoms with E-state index in [-0.39, 0.29) is 5.76 Å². The summed E-state index contributed by atoms with van der Waals surface area (Å²) in [7, 11) is 3.04. The van der Waals surface area contributed by atoms with Crippen LogP contribution in [0.2, 0.25) is 0 Å². The van der Waals surface area contributed by atoms with E-state index in [1.807, 2.05) is 0 Å². The molecule has 0 aliphatic carbocycles. The van der Waals surface area contributed by atoms with E-state index in [4.69, 9.17) is 13.9 Å². The third-order valence-electron chi connectivity index (χ3n) is 3.11. The Hall–Kier alpha value is -3.14. The molecule has 3 rings (SSSR count). The molecule has 0 bridgehead atoms. The summed E-state index contributed by atoms with van der Waals surface area (Å²) in [4.78, 5) is 26.2. The number of rotatable bonds is 5. The number of carbonyl (C=O) groups is 1. The van der Waals surface area contributed by atoms with E-state index in [1.165, 1.54) is 31.6 Å². The minimum absolute atomic E-state index is 0.170. The highest BCUT2D eigenvalue weighted by atomic mass is 32.1. The summed E-state index contributed by atoms with van der Waals surface area (Å²) in [5.74, 6) is -0.223. The van der Waals surface area contributed by atoms with Gasteiger partial charge in [-0.2, -0.15) is 0 Å². The second-order valence-electron chi connectivity index (χ2n) is 4.54. The maximum absolute atomic E-state index is 12.1. The molecule has 0 atom stereocenters. The smallest absolute Gasteiger partial charge is 0.433 e. The minimum atomic E-state index is -0.715. The number of fused-ring (bicyclic) bond motifs is 1. The zero-order valence-electron chi connectivity index (χ0n) is 12.6. The number of nitrogens with zero attached hydrogens (tertiary/aromatic N) is 2. The third-order valence-corrected chi connectivity index (χ3v) is 4.04. The van der Waals surface area contributed by atoms with Gasteiger partial charge >= 0.3 is 5.88 Å². The van der Waals surface area contributed by atoms with Gasteiger partial charge in [0.2, 0.25) is 0 Å². The fraction of sp³-hybridized carbons (Fsp3) is 0.143. The number of hydrogen-bond donors (Lipinski definition) is 1. The van der Waals surface area contributed by atoms with Crippen LogP contribution in [0.4, 0.5) is 11.0 Å². The van der Waals surface area contributed by atoms with Gasteiger partial charge in [-0.3, -0.25) is 20.2 Å². The summed E-state index contributed by atoms with van der Waals surface area (Å²) >= 11 is 1.23. The first-order chi connectivity index (χ1) is 11.5. The van der Waals surface area contributed by atoms with Crippen LogP contribution in [0.25, 0.3) is 10.2 Å². The van der Waals surface area contributed by atoms with Gasteiger partial charge in [-0.05, 0) is 6.07 Å². The lowest BCUT2D eigenvalue weighted by molar-refractivity contribution is -0.402. The van der Waals surface area contributed by atoms with Gasteiger partial charge in [-0.1, -0.05) is 11.3 Å². The molecule has 1 N–H and O–H groups in total. The second-order valence-corrected chi connectivity index (χ2v) is 5.57. The van der Waals surface area contributed by atoms with Gasteiger partial charge in [0.05, 0.1) is 30.5 Å². The molecule has 0 aliphatic rings. The quantitative estimate of drug-likeness (QED) is 0.555. The van der Waals surface area contributed by atoms with E-state index in [9.17, 15) is 14.9 Å². The molecule has 1 aromatic carbocycles. The van der Waals surface area contributed by atoms with Crippen molar-refractivity contribution >= 4 is 38.5 Å². The molecule has 2 heterocycles. The predicted octanol–water partition coefficient (Wildman–Crippen LogP) is 3.07. The minimum Gasteiger partial charge on any atom is -0.493 e. The highest BCUT2D eigenvalue weighted by molar-refractivity contribution is 7.22. The first-order valence-electron chi connectivity index (χ1n) is 6.60. The van der Waals surface area contributed by atoms with Crippen molar-refractivity contribution in [1.29, 1.82) is 0 Å². The average Bonchev–Trinajstić information content (AvgIpc) is 3.19. The lowest BCUT2D eigenvalue weighted by Crippen LogP contribution is -2.10. The number of aromatic nitrogens is 1. The molecular weight excluding hydrogens is 338 g/mol. The summed E-state index contributed by atoms with van der Waals surface area (Å²) in [5, 5.41) is 13.4. The molecule has 0 spiro atoms. The number of benzene rings is 1. The van der Waals surface area contributed by atoms with Crippen molar-refractivity contribution in [2.45, 2.75) is 0 Å². The Balaban J connectivity index is 1.86. The Kier molecular flexibility index (Phi) is 4.04. The highest BCUT2D eigenvalue weighted by Crippen LogP contribution is 2.36. The Morgan fingerprint density at radius 3 is 2.62 bits per heavy atom. The SMILES string of the molecule is COc1cc2nc(NC(=O)c3ccc([N+](=O)[O-])o3)sc2cc1OC. The molecule has 0 saturated carbocycles. The second kappa shape index (κ2) is 6.16. The fourth-order valence-corrected chi connectivity index (χ4v) is 2.89. The van der Waals surface area contributed by atoms with E-state index < -0.39 is 16.7 Å². The van der Waals surface area contributed by atoms with Gasteiger partial charge in [0.15, 0.2) is 22.4 Å². The van der Waals surface area contributed by atoms with Crippen LogP contribution in [0.1, 0.15) is 10.6 Å². The summed E-state index contributed by atoms with van der Waals surface area (Å²) in [6, 6.07) is 5.78. The van der Waals surface area contributed by atoms with Crippen molar-refractivity contribution in [1.82, 2.24) is 4.98 Å². The number of hydrogen-bond acceptors (Lipinski definition) is 8. The molecule has 0 radical (unpaired) electrons. The Morgan fingerprint density at radius 1 is 1.29 bits per heavy atom. The highest BCUT2D eigenvalue weighted by Gasteiger charge is 2.19. The van der Waals surface area contributed by atoms with Crippen LogP contribution < -0.4 is 14.8 Å². The molecule has 9 nitrogen and oxygen atoms in total. The topological polar surface area (TPSA) is 117 Å². The molecular formula is C14H11N3O6S. The summed E-state index contributed by atoms with van der Waals surface area (Å²) < 4.78 is 16.1. The molecule has 124 valence electrons. The third kappa shape index (κ3) is 2.86. The van der Waals surface area contributed by atoms with E-state index in [2.05, 4.69) is 10.3 Å². The fourth-order valence-electron chi connectivity index (χ4n) is 2.02. The van der Waals surface area contributed by atoms with Crippen molar-refractivity contribution in [3.05, 3.63) is 40.1 Å². The first kappa shape index (κ1) is 15.7. The molecule has 0 unspecified atom stereocenters. The van der Waals surface area contributed by atoms with Crippen molar-refractivity contribution in [2.24, 2.45) is 0 Å². The monoisotopic (exact) mass is 349 g/mol. The zero-order chi connectivity index (χ0) is 17.3. The Bertz CT molecular complexity index is 891. The maximum atomic E-state index is 12.1. The van der Waals surface area contributed by atoms with Crippen LogP contribution in [0.15, 0.2) is 28.7 Å². The number of furan rings is 1. The summed E-state index contributed by atoms with van der Waals surface area (Å²) in [5.41, 5.74) is 0.623. The molecule has 0 fully saturated rings. The van der Waals surface area contributed by atoms with Gasteiger partial charge in [-0.15, -0.1) is 0 Å². The average molecular weight is 349 g/mol. The van der Waals surface area contributed by atoms with Crippen LogP contribution in [-0.2, 0) is 0 Å². The largest absolute Gasteiger partial charge is 0.493 e. The van der Waals surface area contributed by atoms with Crippen LogP contribution in [-0.4, -0.2) is 30.0 Å². The van der Waals surface area contributed by atoms with Gasteiger partial charge < -0.3 is 13.9 Å². The predicted molar refractivity (Wildman–Crippen MR) is 86.0 cm³/mol. The number of anilines is 1. The molecule has 2 aromatic heterocycles. The first-order valence-corrected chi connectivity index (χ1v) is 7.41. The lowest BCUT2D eigenvalue weighted by atomic mass is 10.3. The van der Waals surface area contributed by atoms with Gasteiger partial charge in [-0.25, -0.2) is 4.98 Å². The van der Waals surface area contributed by atoms with E-state index >= 15 is 0 Å². The molecule has 24 heavy (non-hydrogen) atoms. The van der Waals surface area contributed by atoms with Crippen molar-refractivity contribution in [2.75, 3.05) is 19.5 Å². The van der Waals surface area contributed by atoms with E-state index in [0.717, 1.165) is 10.8 Å². The molecule has 1 amide bonds. The van der Waals surface area contributed by atoms with Crippen LogP contribution in [0.5, 0.6) is 11.5 Å². The number of methoxy groups -OCH3 is 2. The van der Waals surface area contributed by atoms with Crippen molar-refractivity contribution in [3.8, 4) is 11.5 Å². The molecule has 3 aromatic rings. The number of ether oxygens (including phenoxy) is 2. The Labute approximate surface area is 139 Å². The molecule has 0 saturated heterocycles. The van der Waals surface area contributed by atoms with Crippen molar-refractivity contribution in [3.63, 3.8) is 0 Å². The number of carbonyl (C=O) groups excluding carboxylic acids is 1. The Morgan fingerprint density at radius 2 is 2.00 bits per heavy atom. The summed E-state index contributed by atoms with van der Waals surface area (Å²) in [6.45, 7) is 0. The lowest BCUT2D eigenvalue weighted by Gasteiger charge is -2.05. The summed E-state index contributed by atoms with van der Waals surface area (Å²) in [6.07, 6.45) is 0. The van der Waals surface area contributed by atoms with E-state index in [1.54, 1.807) is 12.1 Å². The zero-order valence-corrected chi connectivity index (χ0v) is 13.4. The van der Waals surface area contributed by atoms with Gasteiger partial charge in [0.1, 0.15) is 4.92 Å².